The van der Waals surface area contributed by atoms with Crippen LogP contribution in [-0.2, 0) is 5.41 Å². The molecular formula is C16H16N2O2. The van der Waals surface area contributed by atoms with Gasteiger partial charge in [0.2, 0.25) is 0 Å². The number of nitrogens with one attached hydrogen (secondary N) is 1. The molecule has 4 heteroatoms. The van der Waals surface area contributed by atoms with Crippen LogP contribution in [-0.4, -0.2) is 12.5 Å². The molecule has 0 unspecified atom stereocenters. The molecule has 0 saturated carbocycles. The molecule has 0 spiro atoms. The predicted octanol–water partition coefficient (Wildman–Crippen LogP) is 2.86. The molecule has 0 saturated heterocycles. The van der Waals surface area contributed by atoms with E-state index in [0.717, 1.165) is 5.76 Å². The van der Waals surface area contributed by atoms with Gasteiger partial charge in [0.05, 0.1) is 17.9 Å². The van der Waals surface area contributed by atoms with Gasteiger partial charge in [-0.05, 0) is 36.4 Å². The molecule has 1 aromatic heterocycles. The van der Waals surface area contributed by atoms with Crippen molar-refractivity contribution in [3.05, 3.63) is 59.5 Å². The van der Waals surface area contributed by atoms with Gasteiger partial charge in [0.15, 0.2) is 0 Å². The van der Waals surface area contributed by atoms with E-state index in [2.05, 4.69) is 5.32 Å². The highest BCUT2D eigenvalue weighted by atomic mass is 16.3. The highest BCUT2D eigenvalue weighted by Crippen LogP contribution is 2.22. The molecule has 1 N–H and O–H groups in total. The Hall–Kier alpha value is -2.54. The zero-order valence-electron chi connectivity index (χ0n) is 11.5. The minimum Gasteiger partial charge on any atom is -0.469 e. The molecule has 20 heavy (non-hydrogen) atoms. The summed E-state index contributed by atoms with van der Waals surface area (Å²) >= 11 is 0. The lowest BCUT2D eigenvalue weighted by atomic mass is 9.90. The van der Waals surface area contributed by atoms with Gasteiger partial charge in [-0.1, -0.05) is 13.8 Å². The Kier molecular flexibility index (Phi) is 3.90. The first kappa shape index (κ1) is 13.9. The number of rotatable bonds is 4. The van der Waals surface area contributed by atoms with E-state index in [-0.39, 0.29) is 11.3 Å². The zero-order chi connectivity index (χ0) is 14.6. The molecule has 0 aliphatic rings. The molecule has 1 amide bonds. The first-order chi connectivity index (χ1) is 9.53. The third-order valence-electron chi connectivity index (χ3n) is 3.16. The van der Waals surface area contributed by atoms with Gasteiger partial charge in [0.1, 0.15) is 5.76 Å². The molecule has 102 valence electrons. The molecule has 1 aromatic carbocycles. The summed E-state index contributed by atoms with van der Waals surface area (Å²) < 4.78 is 5.38. The Bertz CT molecular complexity index is 619. The summed E-state index contributed by atoms with van der Waals surface area (Å²) in [6.07, 6.45) is 1.62. The van der Waals surface area contributed by atoms with Gasteiger partial charge in [0.25, 0.3) is 5.91 Å². The van der Waals surface area contributed by atoms with Crippen LogP contribution >= 0.6 is 0 Å². The summed E-state index contributed by atoms with van der Waals surface area (Å²) in [5.74, 6) is 0.673. The Morgan fingerprint density at radius 3 is 2.55 bits per heavy atom. The molecule has 0 fully saturated rings. The summed E-state index contributed by atoms with van der Waals surface area (Å²) in [5, 5.41) is 11.6. The van der Waals surface area contributed by atoms with Crippen LogP contribution in [0.15, 0.2) is 47.1 Å². The van der Waals surface area contributed by atoms with Crippen molar-refractivity contribution in [2.24, 2.45) is 0 Å². The van der Waals surface area contributed by atoms with Crippen LogP contribution in [0.5, 0.6) is 0 Å². The second-order valence-electron chi connectivity index (χ2n) is 5.23. The smallest absolute Gasteiger partial charge is 0.251 e. The molecule has 1 heterocycles. The van der Waals surface area contributed by atoms with Crippen molar-refractivity contribution in [2.75, 3.05) is 6.54 Å². The minimum absolute atomic E-state index is 0.158. The van der Waals surface area contributed by atoms with Crippen molar-refractivity contribution in [2.45, 2.75) is 19.3 Å². The Morgan fingerprint density at radius 1 is 1.30 bits per heavy atom. The second kappa shape index (κ2) is 5.62. The monoisotopic (exact) mass is 268 g/mol. The maximum Gasteiger partial charge on any atom is 0.251 e. The first-order valence-electron chi connectivity index (χ1n) is 6.35. The third kappa shape index (κ3) is 3.07. The van der Waals surface area contributed by atoms with Crippen LogP contribution in [0.3, 0.4) is 0 Å². The number of benzene rings is 1. The van der Waals surface area contributed by atoms with Crippen LogP contribution in [0, 0.1) is 11.3 Å². The summed E-state index contributed by atoms with van der Waals surface area (Å²) in [5.41, 5.74) is 0.808. The molecule has 0 bridgehead atoms. The average molecular weight is 268 g/mol. The number of carbonyl (C=O) groups is 1. The van der Waals surface area contributed by atoms with Crippen molar-refractivity contribution >= 4 is 5.91 Å². The van der Waals surface area contributed by atoms with Gasteiger partial charge in [-0.25, -0.2) is 0 Å². The molecule has 0 atom stereocenters. The Labute approximate surface area is 118 Å². The largest absolute Gasteiger partial charge is 0.469 e. The number of furan rings is 1. The number of hydrogen-bond acceptors (Lipinski definition) is 3. The van der Waals surface area contributed by atoms with Crippen molar-refractivity contribution in [1.82, 2.24) is 5.32 Å². The number of amides is 1. The molecule has 2 rings (SSSR count). The minimum atomic E-state index is -0.272. The SMILES string of the molecule is CC(C)(CNC(=O)c1ccc(C#N)cc1)c1ccco1. The van der Waals surface area contributed by atoms with Crippen LogP contribution in [0.4, 0.5) is 0 Å². The van der Waals surface area contributed by atoms with Crippen molar-refractivity contribution in [3.8, 4) is 6.07 Å². The Balaban J connectivity index is 2.00. The number of nitriles is 1. The summed E-state index contributed by atoms with van der Waals surface area (Å²) in [7, 11) is 0. The second-order valence-corrected chi connectivity index (χ2v) is 5.23. The van der Waals surface area contributed by atoms with Crippen LogP contribution in [0.1, 0.15) is 35.5 Å². The normalized spacial score (nSPS) is 10.8. The number of nitrogens with zero attached hydrogens (tertiary/aromatic N) is 1. The molecule has 4 nitrogen and oxygen atoms in total. The van der Waals surface area contributed by atoms with Gasteiger partial charge >= 0.3 is 0 Å². The highest BCUT2D eigenvalue weighted by molar-refractivity contribution is 5.94. The molecule has 2 aromatic rings. The fraction of sp³-hybridized carbons (Fsp3) is 0.250. The topological polar surface area (TPSA) is 66.0 Å². The van der Waals surface area contributed by atoms with E-state index in [4.69, 9.17) is 9.68 Å². The molecule has 0 radical (unpaired) electrons. The van der Waals surface area contributed by atoms with E-state index in [1.165, 1.54) is 0 Å². The zero-order valence-corrected chi connectivity index (χ0v) is 11.5. The molecule has 0 aliphatic heterocycles. The highest BCUT2D eigenvalue weighted by Gasteiger charge is 2.24. The van der Waals surface area contributed by atoms with Crippen molar-refractivity contribution < 1.29 is 9.21 Å². The molecular weight excluding hydrogens is 252 g/mol. The van der Waals surface area contributed by atoms with E-state index in [1.54, 1.807) is 30.5 Å². The number of hydrogen-bond donors (Lipinski definition) is 1. The van der Waals surface area contributed by atoms with Crippen LogP contribution in [0.25, 0.3) is 0 Å². The predicted molar refractivity (Wildman–Crippen MR) is 75.2 cm³/mol. The Morgan fingerprint density at radius 2 is 2.00 bits per heavy atom. The number of carbonyl (C=O) groups excluding carboxylic acids is 1. The maximum absolute atomic E-state index is 12.0. The molecule has 0 aliphatic carbocycles. The van der Waals surface area contributed by atoms with E-state index in [9.17, 15) is 4.79 Å². The van der Waals surface area contributed by atoms with Gasteiger partial charge in [-0.15, -0.1) is 0 Å². The van der Waals surface area contributed by atoms with Gasteiger partial charge < -0.3 is 9.73 Å². The van der Waals surface area contributed by atoms with Gasteiger partial charge in [0, 0.05) is 17.5 Å². The van der Waals surface area contributed by atoms with E-state index < -0.39 is 0 Å². The van der Waals surface area contributed by atoms with Crippen LogP contribution < -0.4 is 5.32 Å². The standard InChI is InChI=1S/C16H16N2O2/c1-16(2,14-4-3-9-20-14)11-18-15(19)13-7-5-12(10-17)6-8-13/h3-9H,11H2,1-2H3,(H,18,19). The maximum atomic E-state index is 12.0. The summed E-state index contributed by atoms with van der Waals surface area (Å²) in [6, 6.07) is 12.3. The lowest BCUT2D eigenvalue weighted by Crippen LogP contribution is -2.36. The first-order valence-corrected chi connectivity index (χ1v) is 6.35. The van der Waals surface area contributed by atoms with Gasteiger partial charge in [-0.2, -0.15) is 5.26 Å². The van der Waals surface area contributed by atoms with Crippen LogP contribution in [0.2, 0.25) is 0 Å². The fourth-order valence-corrected chi connectivity index (χ4v) is 1.85. The third-order valence-corrected chi connectivity index (χ3v) is 3.16. The summed E-state index contributed by atoms with van der Waals surface area (Å²) in [4.78, 5) is 12.0. The lowest BCUT2D eigenvalue weighted by molar-refractivity contribution is 0.0944. The van der Waals surface area contributed by atoms with Crippen molar-refractivity contribution in [1.29, 1.82) is 5.26 Å². The summed E-state index contributed by atoms with van der Waals surface area (Å²) in [6.45, 7) is 4.48. The van der Waals surface area contributed by atoms with Gasteiger partial charge in [-0.3, -0.25) is 4.79 Å². The van der Waals surface area contributed by atoms with Crippen molar-refractivity contribution in [3.63, 3.8) is 0 Å². The quantitative estimate of drug-likeness (QED) is 0.927. The van der Waals surface area contributed by atoms with E-state index in [1.807, 2.05) is 32.0 Å². The fourth-order valence-electron chi connectivity index (χ4n) is 1.85. The lowest BCUT2D eigenvalue weighted by Gasteiger charge is -2.22. The van der Waals surface area contributed by atoms with E-state index >= 15 is 0 Å². The average Bonchev–Trinajstić information content (AvgIpc) is 3.00. The van der Waals surface area contributed by atoms with E-state index in [0.29, 0.717) is 17.7 Å².